The maximum atomic E-state index is 13.5. The smallest absolute Gasteiger partial charge is 0.243 e. The molecule has 2 rings (SSSR count). The second-order valence-corrected chi connectivity index (χ2v) is 6.37. The maximum absolute atomic E-state index is 13.5. The number of hydrogen-bond donors (Lipinski definition) is 2. The number of sulfonamides is 1. The first-order valence-corrected chi connectivity index (χ1v) is 7.92. The van der Waals surface area contributed by atoms with E-state index >= 15 is 0 Å². The van der Waals surface area contributed by atoms with E-state index in [4.69, 9.17) is 0 Å². The summed E-state index contributed by atoms with van der Waals surface area (Å²) in [4.78, 5) is -0.888. The van der Waals surface area contributed by atoms with E-state index in [1.165, 1.54) is 0 Å². The van der Waals surface area contributed by atoms with Gasteiger partial charge in [-0.25, -0.2) is 26.3 Å². The van der Waals surface area contributed by atoms with Crippen molar-refractivity contribution in [3.8, 4) is 0 Å². The fourth-order valence-electron chi connectivity index (χ4n) is 2.04. The first-order valence-electron chi connectivity index (χ1n) is 6.43. The highest BCUT2D eigenvalue weighted by Crippen LogP contribution is 2.19. The Hall–Kier alpha value is -1.38. The van der Waals surface area contributed by atoms with E-state index in [9.17, 15) is 21.6 Å². The van der Waals surface area contributed by atoms with Crippen molar-refractivity contribution < 1.29 is 21.6 Å². The van der Waals surface area contributed by atoms with Gasteiger partial charge in [-0.05, 0) is 31.5 Å². The van der Waals surface area contributed by atoms with Gasteiger partial charge in [-0.3, -0.25) is 0 Å². The number of halogens is 3. The number of benzene rings is 1. The summed E-state index contributed by atoms with van der Waals surface area (Å²) < 4.78 is 65.3. The highest BCUT2D eigenvalue weighted by molar-refractivity contribution is 7.89. The van der Waals surface area contributed by atoms with E-state index in [-0.39, 0.29) is 6.54 Å². The van der Waals surface area contributed by atoms with Crippen LogP contribution < -0.4 is 10.0 Å². The van der Waals surface area contributed by atoms with E-state index < -0.39 is 32.4 Å². The minimum atomic E-state index is -4.21. The zero-order valence-corrected chi connectivity index (χ0v) is 11.9. The van der Waals surface area contributed by atoms with Crippen LogP contribution in [0.4, 0.5) is 13.2 Å². The van der Waals surface area contributed by atoms with Crippen LogP contribution in [0.15, 0.2) is 28.7 Å². The van der Waals surface area contributed by atoms with Crippen LogP contribution in [0.1, 0.15) is 12.8 Å². The standard InChI is InChI=1S/C13H15F3N2O2S/c14-10-1-2-11(13(16)12(10)15)21(19,20)18-8-5-9-3-6-17-7-4-9/h1-3,17-18H,4-8H2. The predicted molar refractivity (Wildman–Crippen MR) is 71.7 cm³/mol. The molecule has 0 aromatic heterocycles. The van der Waals surface area contributed by atoms with Crippen molar-refractivity contribution in [1.29, 1.82) is 0 Å². The Morgan fingerprint density at radius 2 is 1.95 bits per heavy atom. The molecule has 0 unspecified atom stereocenters. The topological polar surface area (TPSA) is 58.2 Å². The van der Waals surface area contributed by atoms with E-state index in [1.807, 2.05) is 6.08 Å². The lowest BCUT2D eigenvalue weighted by Gasteiger charge is -2.14. The molecule has 8 heteroatoms. The van der Waals surface area contributed by atoms with Crippen molar-refractivity contribution in [3.63, 3.8) is 0 Å². The third kappa shape index (κ3) is 3.84. The fraction of sp³-hybridized carbons (Fsp3) is 0.385. The average molecular weight is 320 g/mol. The Balaban J connectivity index is 2.05. The van der Waals surface area contributed by atoms with Crippen molar-refractivity contribution in [2.75, 3.05) is 19.6 Å². The summed E-state index contributed by atoms with van der Waals surface area (Å²) in [6, 6.07) is 1.29. The third-order valence-electron chi connectivity index (χ3n) is 3.19. The van der Waals surface area contributed by atoms with Crippen molar-refractivity contribution in [3.05, 3.63) is 41.2 Å². The van der Waals surface area contributed by atoms with Crippen LogP contribution in [0, 0.1) is 17.5 Å². The highest BCUT2D eigenvalue weighted by Gasteiger charge is 2.23. The molecule has 0 bridgehead atoms. The molecule has 2 N–H and O–H groups in total. The lowest BCUT2D eigenvalue weighted by molar-refractivity contribution is 0.431. The van der Waals surface area contributed by atoms with Gasteiger partial charge in [-0.2, -0.15) is 0 Å². The van der Waals surface area contributed by atoms with E-state index in [0.29, 0.717) is 18.6 Å². The minimum absolute atomic E-state index is 0.0760. The van der Waals surface area contributed by atoms with Crippen LogP contribution in [0.2, 0.25) is 0 Å². The van der Waals surface area contributed by atoms with Crippen LogP contribution in [-0.4, -0.2) is 28.1 Å². The van der Waals surface area contributed by atoms with E-state index in [1.54, 1.807) is 0 Å². The summed E-state index contributed by atoms with van der Waals surface area (Å²) in [5.41, 5.74) is 1.10. The van der Waals surface area contributed by atoms with Crippen LogP contribution in [-0.2, 0) is 10.0 Å². The Morgan fingerprint density at radius 1 is 1.19 bits per heavy atom. The minimum Gasteiger partial charge on any atom is -0.313 e. The molecule has 1 aliphatic heterocycles. The quantitative estimate of drug-likeness (QED) is 0.641. The van der Waals surface area contributed by atoms with E-state index in [0.717, 1.165) is 25.1 Å². The van der Waals surface area contributed by atoms with E-state index in [2.05, 4.69) is 10.0 Å². The van der Waals surface area contributed by atoms with Crippen molar-refractivity contribution in [1.82, 2.24) is 10.0 Å². The molecule has 0 saturated carbocycles. The molecule has 116 valence electrons. The van der Waals surface area contributed by atoms with Crippen LogP contribution in [0.3, 0.4) is 0 Å². The lowest BCUT2D eigenvalue weighted by Crippen LogP contribution is -2.27. The van der Waals surface area contributed by atoms with Crippen LogP contribution >= 0.6 is 0 Å². The molecule has 1 aromatic rings. The Bertz CT molecular complexity index is 660. The normalized spacial score (nSPS) is 15.9. The van der Waals surface area contributed by atoms with Crippen molar-refractivity contribution in [2.45, 2.75) is 17.7 Å². The van der Waals surface area contributed by atoms with Gasteiger partial charge in [0.15, 0.2) is 17.5 Å². The van der Waals surface area contributed by atoms with Gasteiger partial charge >= 0.3 is 0 Å². The molecular formula is C13H15F3N2O2S. The first kappa shape index (κ1) is 16.0. The van der Waals surface area contributed by atoms with Gasteiger partial charge < -0.3 is 5.32 Å². The molecule has 0 radical (unpaired) electrons. The number of hydrogen-bond acceptors (Lipinski definition) is 3. The van der Waals surface area contributed by atoms with Gasteiger partial charge in [0.25, 0.3) is 0 Å². The summed E-state index contributed by atoms with van der Waals surface area (Å²) in [5.74, 6) is -4.92. The van der Waals surface area contributed by atoms with Gasteiger partial charge in [-0.15, -0.1) is 0 Å². The van der Waals surface area contributed by atoms with Gasteiger partial charge in [0, 0.05) is 13.1 Å². The fourth-order valence-corrected chi connectivity index (χ4v) is 3.14. The zero-order chi connectivity index (χ0) is 15.5. The molecule has 1 heterocycles. The summed E-state index contributed by atoms with van der Waals surface area (Å²) in [7, 11) is -4.21. The van der Waals surface area contributed by atoms with Gasteiger partial charge in [0.05, 0.1) is 0 Å². The molecule has 4 nitrogen and oxygen atoms in total. The van der Waals surface area contributed by atoms with Crippen molar-refractivity contribution >= 4 is 10.0 Å². The molecular weight excluding hydrogens is 305 g/mol. The summed E-state index contributed by atoms with van der Waals surface area (Å²) in [6.07, 6.45) is 3.28. The number of rotatable bonds is 5. The molecule has 21 heavy (non-hydrogen) atoms. The molecule has 0 aliphatic carbocycles. The maximum Gasteiger partial charge on any atom is 0.243 e. The molecule has 1 aromatic carbocycles. The Labute approximate surface area is 121 Å². The largest absolute Gasteiger partial charge is 0.313 e. The molecule has 0 saturated heterocycles. The van der Waals surface area contributed by atoms with Gasteiger partial charge in [0.2, 0.25) is 10.0 Å². The first-order chi connectivity index (χ1) is 9.92. The predicted octanol–water partition coefficient (Wildman–Crippen LogP) is 1.69. The monoisotopic (exact) mass is 320 g/mol. The summed E-state index contributed by atoms with van der Waals surface area (Å²) >= 11 is 0. The summed E-state index contributed by atoms with van der Waals surface area (Å²) in [6.45, 7) is 1.64. The average Bonchev–Trinajstić information content (AvgIpc) is 2.45. The molecule has 0 spiro atoms. The number of nitrogens with one attached hydrogen (secondary N) is 2. The van der Waals surface area contributed by atoms with Crippen LogP contribution in [0.5, 0.6) is 0 Å². The Morgan fingerprint density at radius 3 is 2.62 bits per heavy atom. The summed E-state index contributed by atoms with van der Waals surface area (Å²) in [5, 5.41) is 3.12. The van der Waals surface area contributed by atoms with Crippen molar-refractivity contribution in [2.24, 2.45) is 0 Å². The molecule has 0 fully saturated rings. The molecule has 0 atom stereocenters. The van der Waals surface area contributed by atoms with Crippen LogP contribution in [0.25, 0.3) is 0 Å². The zero-order valence-electron chi connectivity index (χ0n) is 11.1. The second kappa shape index (κ2) is 6.59. The molecule has 1 aliphatic rings. The van der Waals surface area contributed by atoms with Gasteiger partial charge in [-0.1, -0.05) is 11.6 Å². The molecule has 0 amide bonds. The second-order valence-electron chi connectivity index (χ2n) is 4.64. The third-order valence-corrected chi connectivity index (χ3v) is 4.66. The lowest BCUT2D eigenvalue weighted by atomic mass is 10.1. The highest BCUT2D eigenvalue weighted by atomic mass is 32.2. The Kier molecular flexibility index (Phi) is 5.02. The SMILES string of the molecule is O=S(=O)(NCCC1=CCNCC1)c1ccc(F)c(F)c1F. The van der Waals surface area contributed by atoms with Gasteiger partial charge in [0.1, 0.15) is 4.90 Å².